The summed E-state index contributed by atoms with van der Waals surface area (Å²) in [5.41, 5.74) is 0.976. The Hall–Kier alpha value is -1.30. The van der Waals surface area contributed by atoms with Gasteiger partial charge in [-0.2, -0.15) is 0 Å². The van der Waals surface area contributed by atoms with E-state index in [9.17, 15) is 0 Å². The molecule has 5 nitrogen and oxygen atoms in total. The van der Waals surface area contributed by atoms with Crippen molar-refractivity contribution in [3.8, 4) is 11.5 Å². The van der Waals surface area contributed by atoms with Gasteiger partial charge >= 0.3 is 0 Å². The average molecular weight is 284 g/mol. The average Bonchev–Trinajstić information content (AvgIpc) is 2.44. The summed E-state index contributed by atoms with van der Waals surface area (Å²) in [4.78, 5) is 0. The summed E-state index contributed by atoms with van der Waals surface area (Å²) in [6.45, 7) is 4.57. The van der Waals surface area contributed by atoms with Crippen LogP contribution >= 0.6 is 0 Å². The second kappa shape index (κ2) is 8.79. The second-order valence-corrected chi connectivity index (χ2v) is 4.70. The second-order valence-electron chi connectivity index (χ2n) is 4.70. The largest absolute Gasteiger partial charge is 0.467 e. The van der Waals surface area contributed by atoms with E-state index in [0.29, 0.717) is 17.4 Å². The highest BCUT2D eigenvalue weighted by molar-refractivity contribution is 5.42. The first kappa shape index (κ1) is 16.8. The van der Waals surface area contributed by atoms with E-state index in [4.69, 9.17) is 23.7 Å². The van der Waals surface area contributed by atoms with Gasteiger partial charge in [-0.05, 0) is 18.1 Å². The lowest BCUT2D eigenvalue weighted by atomic mass is 9.98. The first-order chi connectivity index (χ1) is 9.63. The van der Waals surface area contributed by atoms with Gasteiger partial charge in [0.1, 0.15) is 11.5 Å². The van der Waals surface area contributed by atoms with E-state index in [0.717, 1.165) is 5.56 Å². The molecule has 0 saturated carbocycles. The van der Waals surface area contributed by atoms with E-state index in [1.807, 2.05) is 18.2 Å². The zero-order chi connectivity index (χ0) is 15.0. The first-order valence-corrected chi connectivity index (χ1v) is 6.54. The number of ether oxygens (including phenoxy) is 5. The molecular weight excluding hydrogens is 260 g/mol. The van der Waals surface area contributed by atoms with Crippen molar-refractivity contribution in [1.82, 2.24) is 0 Å². The molecule has 0 fully saturated rings. The van der Waals surface area contributed by atoms with Gasteiger partial charge in [-0.1, -0.05) is 13.8 Å². The topological polar surface area (TPSA) is 46.2 Å². The Morgan fingerprint density at radius 3 is 2.15 bits per heavy atom. The number of hydrogen-bond donors (Lipinski definition) is 0. The highest BCUT2D eigenvalue weighted by Crippen LogP contribution is 2.35. The Bertz CT molecular complexity index is 392. The zero-order valence-corrected chi connectivity index (χ0v) is 12.8. The van der Waals surface area contributed by atoms with Crippen LogP contribution in [0.2, 0.25) is 0 Å². The minimum atomic E-state index is -0.0432. The van der Waals surface area contributed by atoms with Crippen LogP contribution in [0.25, 0.3) is 0 Å². The molecule has 0 aliphatic rings. The molecule has 1 rings (SSSR count). The maximum atomic E-state index is 5.62. The van der Waals surface area contributed by atoms with Crippen molar-refractivity contribution < 1.29 is 23.7 Å². The monoisotopic (exact) mass is 284 g/mol. The number of rotatable bonds is 9. The van der Waals surface area contributed by atoms with E-state index in [1.165, 1.54) is 0 Å². The number of methoxy groups -OCH3 is 3. The molecule has 1 aromatic carbocycles. The Morgan fingerprint density at radius 1 is 0.950 bits per heavy atom. The van der Waals surface area contributed by atoms with Crippen molar-refractivity contribution in [3.63, 3.8) is 0 Å². The molecule has 0 spiro atoms. The summed E-state index contributed by atoms with van der Waals surface area (Å²) in [7, 11) is 4.86. The lowest BCUT2D eigenvalue weighted by Gasteiger charge is -2.23. The van der Waals surface area contributed by atoms with Crippen LogP contribution in [-0.2, 0) is 14.2 Å². The Morgan fingerprint density at radius 2 is 1.60 bits per heavy atom. The maximum absolute atomic E-state index is 5.62. The molecule has 0 amide bonds. The smallest absolute Gasteiger partial charge is 0.188 e. The maximum Gasteiger partial charge on any atom is 0.188 e. The predicted molar refractivity (Wildman–Crippen MR) is 76.0 cm³/mol. The molecule has 0 radical (unpaired) electrons. The molecule has 0 N–H and O–H groups in total. The Balaban J connectivity index is 3.01. The highest BCUT2D eigenvalue weighted by atomic mass is 16.7. The summed E-state index contributed by atoms with van der Waals surface area (Å²) in [6, 6.07) is 5.65. The van der Waals surface area contributed by atoms with Crippen LogP contribution in [-0.4, -0.2) is 34.9 Å². The van der Waals surface area contributed by atoms with E-state index < -0.39 is 0 Å². The van der Waals surface area contributed by atoms with Gasteiger partial charge in [0.05, 0.1) is 6.10 Å². The van der Waals surface area contributed by atoms with Crippen LogP contribution < -0.4 is 9.47 Å². The normalized spacial score (nSPS) is 12.5. The lowest BCUT2D eigenvalue weighted by Crippen LogP contribution is -2.12. The lowest BCUT2D eigenvalue weighted by molar-refractivity contribution is 0.0358. The van der Waals surface area contributed by atoms with Crippen LogP contribution in [0.15, 0.2) is 18.2 Å². The standard InChI is InChI=1S/C15H24O5/c1-11(2)15(18-5)13-7-6-12(19-9-16-3)8-14(13)20-10-17-4/h6-8,11,15H,9-10H2,1-5H3/t15-/m1/s1. The van der Waals surface area contributed by atoms with Gasteiger partial charge in [-0.15, -0.1) is 0 Å². The van der Waals surface area contributed by atoms with Crippen LogP contribution in [0.5, 0.6) is 11.5 Å². The fraction of sp³-hybridized carbons (Fsp3) is 0.600. The van der Waals surface area contributed by atoms with Crippen molar-refractivity contribution in [2.45, 2.75) is 20.0 Å². The molecule has 0 saturated heterocycles. The third kappa shape index (κ3) is 4.67. The summed E-state index contributed by atoms with van der Waals surface area (Å²) in [6.07, 6.45) is -0.0432. The molecule has 0 unspecified atom stereocenters. The quantitative estimate of drug-likeness (QED) is 0.652. The van der Waals surface area contributed by atoms with Crippen molar-refractivity contribution in [2.24, 2.45) is 5.92 Å². The van der Waals surface area contributed by atoms with Gasteiger partial charge in [0.15, 0.2) is 13.6 Å². The number of hydrogen-bond acceptors (Lipinski definition) is 5. The van der Waals surface area contributed by atoms with E-state index in [1.54, 1.807) is 21.3 Å². The van der Waals surface area contributed by atoms with Crippen LogP contribution in [0.4, 0.5) is 0 Å². The first-order valence-electron chi connectivity index (χ1n) is 6.54. The minimum absolute atomic E-state index is 0.0432. The summed E-state index contributed by atoms with van der Waals surface area (Å²) < 4.78 is 26.4. The third-order valence-corrected chi connectivity index (χ3v) is 2.83. The van der Waals surface area contributed by atoms with Gasteiger partial charge in [0, 0.05) is 33.0 Å². The number of benzene rings is 1. The van der Waals surface area contributed by atoms with Gasteiger partial charge < -0.3 is 23.7 Å². The minimum Gasteiger partial charge on any atom is -0.467 e. The molecule has 0 aliphatic carbocycles. The van der Waals surface area contributed by atoms with E-state index in [-0.39, 0.29) is 19.7 Å². The van der Waals surface area contributed by atoms with E-state index in [2.05, 4.69) is 13.8 Å². The molecule has 0 heterocycles. The summed E-state index contributed by atoms with van der Waals surface area (Å²) >= 11 is 0. The molecule has 5 heteroatoms. The zero-order valence-electron chi connectivity index (χ0n) is 12.8. The molecule has 0 aromatic heterocycles. The SMILES string of the molecule is COCOc1ccc([C@H](OC)C(C)C)c(OCOC)c1. The molecule has 20 heavy (non-hydrogen) atoms. The Labute approximate surface area is 120 Å². The Kier molecular flexibility index (Phi) is 7.36. The molecule has 1 atom stereocenters. The van der Waals surface area contributed by atoms with Gasteiger partial charge in [-0.25, -0.2) is 0 Å². The summed E-state index contributed by atoms with van der Waals surface area (Å²) in [5, 5.41) is 0. The van der Waals surface area contributed by atoms with Gasteiger partial charge in [-0.3, -0.25) is 0 Å². The van der Waals surface area contributed by atoms with Crippen molar-refractivity contribution in [1.29, 1.82) is 0 Å². The van der Waals surface area contributed by atoms with Crippen LogP contribution in [0.3, 0.4) is 0 Å². The third-order valence-electron chi connectivity index (χ3n) is 2.83. The molecule has 0 bridgehead atoms. The van der Waals surface area contributed by atoms with Crippen molar-refractivity contribution in [3.05, 3.63) is 23.8 Å². The van der Waals surface area contributed by atoms with Crippen LogP contribution in [0.1, 0.15) is 25.5 Å². The predicted octanol–water partition coefficient (Wildman–Crippen LogP) is 3.00. The van der Waals surface area contributed by atoms with Crippen molar-refractivity contribution in [2.75, 3.05) is 34.9 Å². The molecule has 0 aliphatic heterocycles. The van der Waals surface area contributed by atoms with Gasteiger partial charge in [0.25, 0.3) is 0 Å². The highest BCUT2D eigenvalue weighted by Gasteiger charge is 2.20. The molecular formula is C15H24O5. The summed E-state index contributed by atoms with van der Waals surface area (Å²) in [5.74, 6) is 1.71. The van der Waals surface area contributed by atoms with Gasteiger partial charge in [0.2, 0.25) is 0 Å². The molecule has 114 valence electrons. The van der Waals surface area contributed by atoms with Crippen LogP contribution in [0, 0.1) is 5.92 Å². The van der Waals surface area contributed by atoms with Crippen molar-refractivity contribution >= 4 is 0 Å². The van der Waals surface area contributed by atoms with E-state index >= 15 is 0 Å². The molecule has 1 aromatic rings. The fourth-order valence-electron chi connectivity index (χ4n) is 1.97. The fourth-order valence-corrected chi connectivity index (χ4v) is 1.97.